The van der Waals surface area contributed by atoms with E-state index in [0.717, 1.165) is 19.3 Å². The Hall–Kier alpha value is -2.40. The number of carbonyl (C=O) groups excluding carboxylic acids is 1. The number of nitrogens with one attached hydrogen (secondary N) is 1. The van der Waals surface area contributed by atoms with E-state index in [9.17, 15) is 14.7 Å². The lowest BCUT2D eigenvalue weighted by molar-refractivity contribution is -0.219. The fourth-order valence-corrected chi connectivity index (χ4v) is 12.8. The Labute approximate surface area is 272 Å². The molecule has 5 nitrogen and oxygen atoms in total. The Bertz CT molecular complexity index is 1410. The largest absolute Gasteiger partial charge is 0.478 e. The maximum Gasteiger partial charge on any atom is 0.335 e. The number of aromatic carboxylic acids is 1. The molecule has 6 rings (SSSR count). The van der Waals surface area contributed by atoms with Crippen molar-refractivity contribution in [2.24, 2.45) is 51.2 Å². The van der Waals surface area contributed by atoms with Gasteiger partial charge in [-0.05, 0) is 139 Å². The molecule has 0 spiro atoms. The molecular weight excluding hydrogens is 556 g/mol. The summed E-state index contributed by atoms with van der Waals surface area (Å²) in [7, 11) is 3.72. The lowest BCUT2D eigenvalue weighted by Crippen LogP contribution is -2.68. The van der Waals surface area contributed by atoms with Gasteiger partial charge >= 0.3 is 5.97 Å². The van der Waals surface area contributed by atoms with Crippen molar-refractivity contribution in [3.05, 3.63) is 53.6 Å². The highest BCUT2D eigenvalue weighted by atomic mass is 16.4. The van der Waals surface area contributed by atoms with Crippen molar-refractivity contribution in [3.8, 4) is 0 Å². The van der Waals surface area contributed by atoms with Crippen LogP contribution in [0.4, 0.5) is 0 Å². The zero-order valence-electron chi connectivity index (χ0n) is 29.3. The van der Waals surface area contributed by atoms with E-state index in [1.54, 1.807) is 17.0 Å². The van der Waals surface area contributed by atoms with E-state index in [2.05, 4.69) is 59.5 Å². The number of hydrogen-bond donors (Lipinski definition) is 2. The van der Waals surface area contributed by atoms with Crippen LogP contribution in [0.5, 0.6) is 0 Å². The molecule has 1 aromatic rings. The summed E-state index contributed by atoms with van der Waals surface area (Å²) in [6.07, 6.45) is 13.4. The predicted molar refractivity (Wildman–Crippen MR) is 183 cm³/mol. The fraction of sp³-hybridized carbons (Fsp3) is 0.700. The SMILES string of the molecule is C=C(C)[C@@H]1CC[C@]2(NCC(=O)N(C)C)CC[C@]3(C)C(CC[C@@H]4[C@@]5(C)CC=C(c6ccc(C(=O)O)cc6)C(C)(C)[C@@H]5CC[C@]43C)[C@@H]12. The van der Waals surface area contributed by atoms with Crippen LogP contribution in [0, 0.1) is 51.2 Å². The van der Waals surface area contributed by atoms with Crippen molar-refractivity contribution in [1.82, 2.24) is 10.2 Å². The zero-order chi connectivity index (χ0) is 32.7. The Morgan fingerprint density at radius 2 is 1.60 bits per heavy atom. The van der Waals surface area contributed by atoms with Crippen LogP contribution >= 0.6 is 0 Å². The molecule has 5 aliphatic rings. The fourth-order valence-electron chi connectivity index (χ4n) is 12.8. The third-order valence-corrected chi connectivity index (χ3v) is 15.2. The normalized spacial score (nSPS) is 41.5. The summed E-state index contributed by atoms with van der Waals surface area (Å²) in [5.74, 6) is 2.24. The molecule has 1 amide bonds. The molecule has 1 aromatic carbocycles. The molecule has 0 aromatic heterocycles. The smallest absolute Gasteiger partial charge is 0.335 e. The molecule has 5 heteroatoms. The second kappa shape index (κ2) is 10.8. The molecule has 0 aliphatic heterocycles. The predicted octanol–water partition coefficient (Wildman–Crippen LogP) is 8.47. The number of amides is 1. The third kappa shape index (κ3) is 4.64. The summed E-state index contributed by atoms with van der Waals surface area (Å²) in [5, 5.41) is 13.4. The first-order valence-electron chi connectivity index (χ1n) is 17.7. The number of carbonyl (C=O) groups is 2. The first-order chi connectivity index (χ1) is 21.0. The van der Waals surface area contributed by atoms with Crippen LogP contribution in [-0.2, 0) is 4.79 Å². The maximum atomic E-state index is 12.8. The molecule has 4 saturated carbocycles. The monoisotopic (exact) mass is 614 g/mol. The Morgan fingerprint density at radius 1 is 0.911 bits per heavy atom. The summed E-state index contributed by atoms with van der Waals surface area (Å²) in [6, 6.07) is 7.57. The molecule has 45 heavy (non-hydrogen) atoms. The molecule has 1 unspecified atom stereocenters. The van der Waals surface area contributed by atoms with Crippen molar-refractivity contribution < 1.29 is 14.7 Å². The van der Waals surface area contributed by atoms with Crippen LogP contribution in [0.25, 0.3) is 5.57 Å². The topological polar surface area (TPSA) is 69.6 Å². The van der Waals surface area contributed by atoms with E-state index < -0.39 is 5.97 Å². The average molecular weight is 615 g/mol. The Balaban J connectivity index is 1.33. The van der Waals surface area contributed by atoms with Crippen LogP contribution in [-0.4, -0.2) is 48.1 Å². The molecule has 5 aliphatic carbocycles. The van der Waals surface area contributed by atoms with E-state index >= 15 is 0 Å². The molecule has 0 radical (unpaired) electrons. The van der Waals surface area contributed by atoms with Crippen molar-refractivity contribution in [1.29, 1.82) is 0 Å². The van der Waals surface area contributed by atoms with E-state index in [1.165, 1.54) is 55.2 Å². The Morgan fingerprint density at radius 3 is 2.22 bits per heavy atom. The molecule has 246 valence electrons. The highest BCUT2D eigenvalue weighted by molar-refractivity contribution is 5.88. The number of carboxylic acid groups (broad SMARTS) is 1. The summed E-state index contributed by atoms with van der Waals surface area (Å²) in [5.41, 5.74) is 5.03. The lowest BCUT2D eigenvalue weighted by atomic mass is 9.33. The standard InChI is InChI=1S/C40H58N2O3/c1-25(2)28-16-21-40(41-24-33(43)42(8)9)23-22-38(6)30(34(28)40)14-15-32-37(5)19-17-29(26-10-12-27(13-11-26)35(44)45)36(3,4)31(37)18-20-39(32,38)7/h10-13,17,28,30-32,34,41H,1,14-16,18-24H2,2-9H3,(H,44,45)/t28-,30?,31-,32+,34+,37-,38+,39+,40-/m0/s1. The molecule has 0 bridgehead atoms. The van der Waals surface area contributed by atoms with Gasteiger partial charge < -0.3 is 15.3 Å². The van der Waals surface area contributed by atoms with Crippen LogP contribution in [0.2, 0.25) is 0 Å². The van der Waals surface area contributed by atoms with Gasteiger partial charge in [0.1, 0.15) is 0 Å². The van der Waals surface area contributed by atoms with Crippen LogP contribution in [0.1, 0.15) is 115 Å². The number of fused-ring (bicyclic) bond motifs is 7. The van der Waals surface area contributed by atoms with Gasteiger partial charge in [-0.1, -0.05) is 65.0 Å². The minimum atomic E-state index is -0.869. The highest BCUT2D eigenvalue weighted by Crippen LogP contribution is 2.76. The first kappa shape index (κ1) is 32.5. The quantitative estimate of drug-likeness (QED) is 0.316. The molecular formula is C40H58N2O3. The summed E-state index contributed by atoms with van der Waals surface area (Å²) >= 11 is 0. The van der Waals surface area contributed by atoms with E-state index in [1.807, 2.05) is 26.2 Å². The van der Waals surface area contributed by atoms with Gasteiger partial charge in [-0.2, -0.15) is 0 Å². The van der Waals surface area contributed by atoms with Gasteiger partial charge in [0.15, 0.2) is 0 Å². The van der Waals surface area contributed by atoms with Crippen LogP contribution in [0.15, 0.2) is 42.5 Å². The van der Waals surface area contributed by atoms with Crippen LogP contribution in [0.3, 0.4) is 0 Å². The van der Waals surface area contributed by atoms with Gasteiger partial charge in [-0.3, -0.25) is 4.79 Å². The average Bonchev–Trinajstić information content (AvgIpc) is 3.36. The second-order valence-corrected chi connectivity index (χ2v) is 17.4. The van der Waals surface area contributed by atoms with Gasteiger partial charge in [-0.15, -0.1) is 0 Å². The second-order valence-electron chi connectivity index (χ2n) is 17.4. The van der Waals surface area contributed by atoms with Gasteiger partial charge in [-0.25, -0.2) is 4.79 Å². The summed E-state index contributed by atoms with van der Waals surface area (Å²) < 4.78 is 0. The van der Waals surface area contributed by atoms with Gasteiger partial charge in [0.2, 0.25) is 5.91 Å². The van der Waals surface area contributed by atoms with Crippen molar-refractivity contribution in [2.75, 3.05) is 20.6 Å². The summed E-state index contributed by atoms with van der Waals surface area (Å²) in [4.78, 5) is 26.0. The number of allylic oxidation sites excluding steroid dienone is 3. The molecule has 9 atom stereocenters. The molecule has 0 saturated heterocycles. The lowest BCUT2D eigenvalue weighted by Gasteiger charge is -2.72. The van der Waals surface area contributed by atoms with Crippen molar-refractivity contribution in [3.63, 3.8) is 0 Å². The van der Waals surface area contributed by atoms with Crippen LogP contribution < -0.4 is 5.32 Å². The molecule has 0 heterocycles. The number of likely N-dealkylation sites (N-methyl/N-ethyl adjacent to an activating group) is 1. The molecule has 2 N–H and O–H groups in total. The minimum absolute atomic E-state index is 0.0118. The van der Waals surface area contributed by atoms with E-state index in [-0.39, 0.29) is 33.1 Å². The number of carboxylic acids is 1. The van der Waals surface area contributed by atoms with Gasteiger partial charge in [0, 0.05) is 19.6 Å². The summed E-state index contributed by atoms with van der Waals surface area (Å²) in [6.45, 7) is 20.1. The minimum Gasteiger partial charge on any atom is -0.478 e. The third-order valence-electron chi connectivity index (χ3n) is 15.2. The first-order valence-corrected chi connectivity index (χ1v) is 17.7. The number of rotatable bonds is 6. The highest BCUT2D eigenvalue weighted by Gasteiger charge is 2.70. The maximum absolute atomic E-state index is 12.8. The van der Waals surface area contributed by atoms with Gasteiger partial charge in [0.25, 0.3) is 0 Å². The van der Waals surface area contributed by atoms with E-state index in [0.29, 0.717) is 41.7 Å². The van der Waals surface area contributed by atoms with E-state index in [4.69, 9.17) is 0 Å². The Kier molecular flexibility index (Phi) is 7.83. The van der Waals surface area contributed by atoms with Crippen molar-refractivity contribution in [2.45, 2.75) is 105 Å². The number of benzene rings is 1. The number of hydrogen-bond acceptors (Lipinski definition) is 3. The van der Waals surface area contributed by atoms with Crippen molar-refractivity contribution >= 4 is 17.4 Å². The zero-order valence-corrected chi connectivity index (χ0v) is 29.3. The van der Waals surface area contributed by atoms with Gasteiger partial charge in [0.05, 0.1) is 12.1 Å². The number of nitrogens with zero attached hydrogens (tertiary/aromatic N) is 1. The molecule has 4 fully saturated rings.